The molecule has 0 saturated carbocycles. The summed E-state index contributed by atoms with van der Waals surface area (Å²) in [5.74, 6) is -0.429. The number of esters is 1. The molecule has 0 bridgehead atoms. The monoisotopic (exact) mass is 728 g/mol. The third-order valence-electron chi connectivity index (χ3n) is 7.74. The molecule has 296 valence electrons. The molecule has 0 radical (unpaired) electrons. The first-order valence-corrected chi connectivity index (χ1v) is 18.8. The van der Waals surface area contributed by atoms with Crippen molar-refractivity contribution in [2.75, 3.05) is 106 Å². The van der Waals surface area contributed by atoms with Gasteiger partial charge in [-0.1, -0.05) is 82.7 Å². The highest BCUT2D eigenvalue weighted by atomic mass is 16.6. The second-order valence-electron chi connectivity index (χ2n) is 12.3. The molecule has 1 aromatic carbocycles. The van der Waals surface area contributed by atoms with Gasteiger partial charge in [0.2, 0.25) is 0 Å². The Bertz CT molecular complexity index is 947. The summed E-state index contributed by atoms with van der Waals surface area (Å²) in [6.07, 6.45) is 10.4. The molecule has 0 fully saturated rings. The third kappa shape index (κ3) is 28.2. The second kappa shape index (κ2) is 35.1. The summed E-state index contributed by atoms with van der Waals surface area (Å²) in [4.78, 5) is 11.3. The second-order valence-corrected chi connectivity index (χ2v) is 12.3. The van der Waals surface area contributed by atoms with Gasteiger partial charge in [-0.25, -0.2) is 4.79 Å². The molecule has 0 aliphatic rings. The van der Waals surface area contributed by atoms with Crippen molar-refractivity contribution in [3.8, 4) is 0 Å². The number of unbranched alkanes of at least 4 members (excludes halogenated alkanes) is 7. The van der Waals surface area contributed by atoms with Crippen LogP contribution in [0.3, 0.4) is 0 Å². The molecule has 0 amide bonds. The Morgan fingerprint density at radius 1 is 0.647 bits per heavy atom. The molecular weight excluding hydrogens is 660 g/mol. The van der Waals surface area contributed by atoms with Crippen molar-refractivity contribution in [1.29, 1.82) is 0 Å². The van der Waals surface area contributed by atoms with Crippen molar-refractivity contribution >= 4 is 5.97 Å². The molecule has 0 saturated heterocycles. The average Bonchev–Trinajstić information content (AvgIpc) is 3.13. The van der Waals surface area contributed by atoms with E-state index in [0.29, 0.717) is 71.6 Å². The van der Waals surface area contributed by atoms with Gasteiger partial charge in [0.1, 0.15) is 18.8 Å². The van der Waals surface area contributed by atoms with Crippen molar-refractivity contribution in [1.82, 2.24) is 0 Å². The van der Waals surface area contributed by atoms with Crippen LogP contribution < -0.4 is 0 Å². The molecule has 0 aliphatic heterocycles. The van der Waals surface area contributed by atoms with Gasteiger partial charge in [0, 0.05) is 5.57 Å². The predicted octanol–water partition coefficient (Wildman–Crippen LogP) is 4.84. The first-order chi connectivity index (χ1) is 25.0. The number of hydrogen-bond donors (Lipinski definition) is 2. The number of rotatable bonds is 38. The van der Waals surface area contributed by atoms with Gasteiger partial charge in [-0.05, 0) is 30.9 Å². The standard InChI is InChI=1S/C39H68O12/c1-4-5-6-7-8-9-10-11-13-35-14-12-15-36(30-35)32-48-33-38(37(31-41)49-27-24-45-19-18-43-17-16-40)50-28-25-46-22-20-44-21-23-47-26-29-51-39(42)34(2)3/h12,14-15,30,37-38,40-41H,2,4-11,13,16-29,31-33H2,1,3H3. The molecule has 0 heterocycles. The van der Waals surface area contributed by atoms with E-state index in [1.807, 2.05) is 0 Å². The van der Waals surface area contributed by atoms with Gasteiger partial charge in [-0.15, -0.1) is 0 Å². The molecule has 0 spiro atoms. The summed E-state index contributed by atoms with van der Waals surface area (Å²) >= 11 is 0. The molecule has 1 aromatic rings. The first-order valence-electron chi connectivity index (χ1n) is 18.8. The number of benzene rings is 1. The van der Waals surface area contributed by atoms with Crippen LogP contribution in [0, 0.1) is 0 Å². The average molecular weight is 729 g/mol. The fraction of sp³-hybridized carbons (Fsp3) is 0.769. The SMILES string of the molecule is C=C(C)C(=O)OCCOCCOCCOCCOC(COCc1cccc(CCCCCCCCCC)c1)C(CO)OCCOCCOCCO. The topological polar surface area (TPSA) is 141 Å². The van der Waals surface area contributed by atoms with Gasteiger partial charge in [-0.2, -0.15) is 0 Å². The zero-order valence-corrected chi connectivity index (χ0v) is 31.5. The van der Waals surface area contributed by atoms with E-state index >= 15 is 0 Å². The number of aryl methyl sites for hydroxylation is 1. The summed E-state index contributed by atoms with van der Waals surface area (Å²) in [5.41, 5.74) is 2.78. The number of aliphatic hydroxyl groups is 2. The van der Waals surface area contributed by atoms with Crippen LogP contribution in [0.4, 0.5) is 0 Å². The number of carbonyl (C=O) groups is 1. The minimum Gasteiger partial charge on any atom is -0.460 e. The van der Waals surface area contributed by atoms with Crippen molar-refractivity contribution in [3.05, 3.63) is 47.5 Å². The normalized spacial score (nSPS) is 12.6. The molecule has 12 nitrogen and oxygen atoms in total. The number of aliphatic hydroxyl groups excluding tert-OH is 2. The van der Waals surface area contributed by atoms with Gasteiger partial charge in [0.15, 0.2) is 0 Å². The van der Waals surface area contributed by atoms with Crippen LogP contribution in [0.25, 0.3) is 0 Å². The number of carbonyl (C=O) groups excluding carboxylic acids is 1. The fourth-order valence-electron chi connectivity index (χ4n) is 4.93. The smallest absolute Gasteiger partial charge is 0.333 e. The van der Waals surface area contributed by atoms with Crippen LogP contribution >= 0.6 is 0 Å². The van der Waals surface area contributed by atoms with E-state index in [2.05, 4.69) is 37.8 Å². The van der Waals surface area contributed by atoms with E-state index in [-0.39, 0.29) is 46.2 Å². The van der Waals surface area contributed by atoms with Crippen molar-refractivity contribution in [2.24, 2.45) is 0 Å². The zero-order valence-electron chi connectivity index (χ0n) is 31.5. The maximum atomic E-state index is 11.3. The van der Waals surface area contributed by atoms with E-state index in [0.717, 1.165) is 12.0 Å². The molecule has 0 aliphatic carbocycles. The highest BCUT2D eigenvalue weighted by Crippen LogP contribution is 2.14. The Labute approximate surface area is 307 Å². The molecule has 12 heteroatoms. The largest absolute Gasteiger partial charge is 0.460 e. The minimum absolute atomic E-state index is 0.0250. The number of ether oxygens (including phenoxy) is 9. The summed E-state index contributed by atoms with van der Waals surface area (Å²) in [6, 6.07) is 8.54. The maximum Gasteiger partial charge on any atom is 0.333 e. The zero-order chi connectivity index (χ0) is 37.0. The van der Waals surface area contributed by atoms with Gasteiger partial charge in [0.05, 0.1) is 106 Å². The van der Waals surface area contributed by atoms with E-state index in [1.165, 1.54) is 56.9 Å². The van der Waals surface area contributed by atoms with Crippen molar-refractivity contribution in [2.45, 2.75) is 90.4 Å². The molecule has 1 rings (SSSR count). The summed E-state index contributed by atoms with van der Waals surface area (Å²) in [6.45, 7) is 12.0. The lowest BCUT2D eigenvalue weighted by molar-refractivity contribution is -0.140. The Morgan fingerprint density at radius 2 is 1.16 bits per heavy atom. The highest BCUT2D eigenvalue weighted by molar-refractivity contribution is 5.86. The van der Waals surface area contributed by atoms with Gasteiger partial charge < -0.3 is 52.8 Å². The summed E-state index contributed by atoms with van der Waals surface area (Å²) in [7, 11) is 0. The Morgan fingerprint density at radius 3 is 1.73 bits per heavy atom. The minimum atomic E-state index is -0.611. The van der Waals surface area contributed by atoms with Crippen molar-refractivity contribution in [3.63, 3.8) is 0 Å². The quantitative estimate of drug-likeness (QED) is 0.0547. The lowest BCUT2D eigenvalue weighted by Crippen LogP contribution is -2.39. The molecule has 2 unspecified atom stereocenters. The van der Waals surface area contributed by atoms with Crippen LogP contribution in [0.1, 0.15) is 76.3 Å². The Balaban J connectivity index is 2.40. The maximum absolute atomic E-state index is 11.3. The predicted molar refractivity (Wildman–Crippen MR) is 196 cm³/mol. The van der Waals surface area contributed by atoms with Gasteiger partial charge >= 0.3 is 5.97 Å². The molecular formula is C39H68O12. The molecule has 0 aromatic heterocycles. The van der Waals surface area contributed by atoms with Crippen LogP contribution in [-0.4, -0.2) is 134 Å². The van der Waals surface area contributed by atoms with E-state index < -0.39 is 18.2 Å². The van der Waals surface area contributed by atoms with Crippen LogP contribution in [0.15, 0.2) is 36.4 Å². The fourth-order valence-corrected chi connectivity index (χ4v) is 4.93. The van der Waals surface area contributed by atoms with E-state index in [1.54, 1.807) is 6.92 Å². The summed E-state index contributed by atoms with van der Waals surface area (Å²) in [5, 5.41) is 18.9. The lowest BCUT2D eigenvalue weighted by atomic mass is 10.0. The Hall–Kier alpha value is -1.97. The van der Waals surface area contributed by atoms with Gasteiger partial charge in [0.25, 0.3) is 0 Å². The van der Waals surface area contributed by atoms with E-state index in [4.69, 9.17) is 47.7 Å². The van der Waals surface area contributed by atoms with Crippen LogP contribution in [-0.2, 0) is 60.5 Å². The molecule has 2 N–H and O–H groups in total. The van der Waals surface area contributed by atoms with E-state index in [9.17, 15) is 9.90 Å². The number of hydrogen-bond acceptors (Lipinski definition) is 12. The molecule has 2 atom stereocenters. The Kier molecular flexibility index (Phi) is 32.4. The third-order valence-corrected chi connectivity index (χ3v) is 7.74. The van der Waals surface area contributed by atoms with Gasteiger partial charge in [-0.3, -0.25) is 0 Å². The first kappa shape index (κ1) is 47.1. The summed E-state index contributed by atoms with van der Waals surface area (Å²) < 4.78 is 50.3. The highest BCUT2D eigenvalue weighted by Gasteiger charge is 2.23. The van der Waals surface area contributed by atoms with Crippen molar-refractivity contribution < 1.29 is 57.6 Å². The molecule has 51 heavy (non-hydrogen) atoms. The lowest BCUT2D eigenvalue weighted by Gasteiger charge is -2.26. The van der Waals surface area contributed by atoms with Crippen LogP contribution in [0.5, 0.6) is 0 Å². The van der Waals surface area contributed by atoms with Crippen LogP contribution in [0.2, 0.25) is 0 Å².